The van der Waals surface area contributed by atoms with Gasteiger partial charge in [-0.25, -0.2) is 8.42 Å². The zero-order chi connectivity index (χ0) is 24.0. The summed E-state index contributed by atoms with van der Waals surface area (Å²) in [5.41, 5.74) is 1.27. The van der Waals surface area contributed by atoms with Crippen molar-refractivity contribution in [2.24, 2.45) is 0 Å². The molecule has 0 aliphatic carbocycles. The van der Waals surface area contributed by atoms with Gasteiger partial charge in [0.2, 0.25) is 10.0 Å². The lowest BCUT2D eigenvalue weighted by Gasteiger charge is -2.37. The van der Waals surface area contributed by atoms with Crippen LogP contribution in [0.4, 0.5) is 0 Å². The molecule has 0 N–H and O–H groups in total. The van der Waals surface area contributed by atoms with Crippen molar-refractivity contribution < 1.29 is 22.3 Å². The first-order valence-corrected chi connectivity index (χ1v) is 13.0. The molecule has 4 rings (SSSR count). The van der Waals surface area contributed by atoms with Crippen LogP contribution in [-0.4, -0.2) is 57.5 Å². The Bertz CT molecular complexity index is 1140. The first-order chi connectivity index (χ1) is 16.5. The zero-order valence-electron chi connectivity index (χ0n) is 19.7. The minimum Gasteiger partial charge on any atom is -0.497 e. The number of ether oxygens (including phenoxy) is 2. The van der Waals surface area contributed by atoms with Crippen molar-refractivity contribution >= 4 is 10.0 Å². The fraction of sp³-hybridized carbons (Fsp3) is 0.385. The highest BCUT2D eigenvalue weighted by molar-refractivity contribution is 7.89. The van der Waals surface area contributed by atoms with E-state index in [-0.39, 0.29) is 17.5 Å². The van der Waals surface area contributed by atoms with Crippen LogP contribution in [0.25, 0.3) is 0 Å². The molecule has 0 unspecified atom stereocenters. The lowest BCUT2D eigenvalue weighted by molar-refractivity contribution is 0.153. The molecule has 7 nitrogen and oxygen atoms in total. The number of furan rings is 1. The maximum absolute atomic E-state index is 13.7. The highest BCUT2D eigenvalue weighted by Crippen LogP contribution is 2.28. The van der Waals surface area contributed by atoms with Crippen molar-refractivity contribution in [2.75, 3.05) is 33.9 Å². The quantitative estimate of drug-likeness (QED) is 0.430. The second-order valence-electron chi connectivity index (χ2n) is 8.48. The monoisotopic (exact) mass is 484 g/mol. The molecule has 1 aliphatic heterocycles. The standard InChI is InChI=1S/C26H32N2O5S/c1-31-23-10-8-21(9-11-23)12-15-27-16-13-22(14-17-27)28(20-25-6-4-18-33-25)34(29,30)26-7-3-5-24(19-26)32-2/h3-11,18-19,22H,12-17,20H2,1-2H3. The van der Waals surface area contributed by atoms with Gasteiger partial charge in [-0.3, -0.25) is 0 Å². The second-order valence-corrected chi connectivity index (χ2v) is 10.4. The third kappa shape index (κ3) is 5.81. The van der Waals surface area contributed by atoms with Crippen LogP contribution in [0.3, 0.4) is 0 Å². The first kappa shape index (κ1) is 24.3. The largest absolute Gasteiger partial charge is 0.497 e. The minimum absolute atomic E-state index is 0.0986. The molecule has 3 aromatic rings. The molecule has 0 saturated carbocycles. The van der Waals surface area contributed by atoms with Crippen molar-refractivity contribution in [3.8, 4) is 11.5 Å². The van der Waals surface area contributed by atoms with E-state index in [0.717, 1.165) is 44.6 Å². The van der Waals surface area contributed by atoms with Crippen LogP contribution in [0.15, 0.2) is 76.2 Å². The van der Waals surface area contributed by atoms with Crippen molar-refractivity contribution in [3.63, 3.8) is 0 Å². The number of benzene rings is 2. The van der Waals surface area contributed by atoms with Crippen molar-refractivity contribution in [1.82, 2.24) is 9.21 Å². The van der Waals surface area contributed by atoms with Gasteiger partial charge in [0.25, 0.3) is 0 Å². The number of sulfonamides is 1. The molecule has 1 fully saturated rings. The van der Waals surface area contributed by atoms with E-state index in [1.54, 1.807) is 48.0 Å². The summed E-state index contributed by atoms with van der Waals surface area (Å²) in [5, 5.41) is 0. The van der Waals surface area contributed by atoms with Crippen LogP contribution < -0.4 is 9.47 Å². The minimum atomic E-state index is -3.73. The molecule has 0 radical (unpaired) electrons. The molecule has 0 amide bonds. The maximum atomic E-state index is 13.7. The van der Waals surface area contributed by atoms with E-state index in [1.165, 1.54) is 12.7 Å². The lowest BCUT2D eigenvalue weighted by atomic mass is 10.0. The summed E-state index contributed by atoms with van der Waals surface area (Å²) in [6.07, 6.45) is 4.07. The van der Waals surface area contributed by atoms with Crippen LogP contribution in [-0.2, 0) is 23.0 Å². The molecule has 2 aromatic carbocycles. The van der Waals surface area contributed by atoms with Gasteiger partial charge in [-0.15, -0.1) is 0 Å². The van der Waals surface area contributed by atoms with E-state index in [1.807, 2.05) is 18.2 Å². The van der Waals surface area contributed by atoms with Crippen LogP contribution in [0.5, 0.6) is 11.5 Å². The Balaban J connectivity index is 1.44. The Morgan fingerprint density at radius 2 is 1.71 bits per heavy atom. The summed E-state index contributed by atoms with van der Waals surface area (Å²) in [6, 6.07) is 18.3. The molecule has 0 bridgehead atoms. The van der Waals surface area contributed by atoms with Gasteiger partial charge in [-0.1, -0.05) is 18.2 Å². The molecular formula is C26H32N2O5S. The molecule has 8 heteroatoms. The van der Waals surface area contributed by atoms with Gasteiger partial charge in [0.1, 0.15) is 17.3 Å². The van der Waals surface area contributed by atoms with Crippen LogP contribution >= 0.6 is 0 Å². The molecule has 182 valence electrons. The molecule has 34 heavy (non-hydrogen) atoms. The van der Waals surface area contributed by atoms with Gasteiger partial charge in [0, 0.05) is 18.7 Å². The Kier molecular flexibility index (Phi) is 7.92. The summed E-state index contributed by atoms with van der Waals surface area (Å²) in [4.78, 5) is 2.64. The number of hydrogen-bond acceptors (Lipinski definition) is 6. The molecule has 0 atom stereocenters. The lowest BCUT2D eigenvalue weighted by Crippen LogP contribution is -2.47. The van der Waals surface area contributed by atoms with Gasteiger partial charge < -0.3 is 18.8 Å². The molecule has 2 heterocycles. The van der Waals surface area contributed by atoms with Gasteiger partial charge in [0.15, 0.2) is 0 Å². The summed E-state index contributed by atoms with van der Waals surface area (Å²) >= 11 is 0. The average Bonchev–Trinajstić information content (AvgIpc) is 3.40. The third-order valence-corrected chi connectivity index (χ3v) is 8.27. The molecular weight excluding hydrogens is 452 g/mol. The van der Waals surface area contributed by atoms with Crippen LogP contribution in [0.2, 0.25) is 0 Å². The summed E-state index contributed by atoms with van der Waals surface area (Å²) < 4.78 is 44.9. The van der Waals surface area contributed by atoms with Crippen molar-refractivity contribution in [2.45, 2.75) is 36.7 Å². The predicted octanol–water partition coefficient (Wildman–Crippen LogP) is 4.19. The van der Waals surface area contributed by atoms with E-state index in [0.29, 0.717) is 11.5 Å². The third-order valence-electron chi connectivity index (χ3n) is 6.38. The van der Waals surface area contributed by atoms with E-state index < -0.39 is 10.0 Å². The fourth-order valence-electron chi connectivity index (χ4n) is 4.37. The topological polar surface area (TPSA) is 72.2 Å². The van der Waals surface area contributed by atoms with E-state index in [9.17, 15) is 8.42 Å². The second kappa shape index (κ2) is 11.1. The number of rotatable bonds is 10. The maximum Gasteiger partial charge on any atom is 0.243 e. The Hall–Kier alpha value is -2.81. The first-order valence-electron chi connectivity index (χ1n) is 11.5. The van der Waals surface area contributed by atoms with Crippen LogP contribution in [0, 0.1) is 0 Å². The highest BCUT2D eigenvalue weighted by atomic mass is 32.2. The smallest absolute Gasteiger partial charge is 0.243 e. The van der Waals surface area contributed by atoms with E-state index >= 15 is 0 Å². The summed E-state index contributed by atoms with van der Waals surface area (Å²) in [6.45, 7) is 2.86. The number of piperidine rings is 1. The van der Waals surface area contributed by atoms with Crippen LogP contribution in [0.1, 0.15) is 24.2 Å². The molecule has 1 saturated heterocycles. The molecule has 0 spiro atoms. The SMILES string of the molecule is COc1ccc(CCN2CCC(N(Cc3ccco3)S(=O)(=O)c3cccc(OC)c3)CC2)cc1. The van der Waals surface area contributed by atoms with Gasteiger partial charge in [-0.2, -0.15) is 4.31 Å². The van der Waals surface area contributed by atoms with Gasteiger partial charge >= 0.3 is 0 Å². The highest BCUT2D eigenvalue weighted by Gasteiger charge is 2.34. The number of hydrogen-bond donors (Lipinski definition) is 0. The van der Waals surface area contributed by atoms with E-state index in [4.69, 9.17) is 13.9 Å². The molecule has 1 aliphatic rings. The average molecular weight is 485 g/mol. The Morgan fingerprint density at radius 1 is 0.971 bits per heavy atom. The van der Waals surface area contributed by atoms with E-state index in [2.05, 4.69) is 17.0 Å². The van der Waals surface area contributed by atoms with Crippen molar-refractivity contribution in [3.05, 3.63) is 78.3 Å². The number of nitrogens with zero attached hydrogens (tertiary/aromatic N) is 2. The number of likely N-dealkylation sites (tertiary alicyclic amines) is 1. The summed E-state index contributed by atoms with van der Waals surface area (Å²) in [5.74, 6) is 2.01. The normalized spacial score (nSPS) is 15.5. The number of methoxy groups -OCH3 is 2. The predicted molar refractivity (Wildman–Crippen MR) is 131 cm³/mol. The van der Waals surface area contributed by atoms with Crippen molar-refractivity contribution in [1.29, 1.82) is 0 Å². The molecule has 1 aromatic heterocycles. The summed E-state index contributed by atoms with van der Waals surface area (Å²) in [7, 11) is -0.521. The Morgan fingerprint density at radius 3 is 2.35 bits per heavy atom. The fourth-order valence-corrected chi connectivity index (χ4v) is 6.06. The van der Waals surface area contributed by atoms with Gasteiger partial charge in [-0.05, 0) is 74.3 Å². The Labute approximate surface area is 201 Å². The van der Waals surface area contributed by atoms with Gasteiger partial charge in [0.05, 0.1) is 31.9 Å². The zero-order valence-corrected chi connectivity index (χ0v) is 20.5.